The fourth-order valence-corrected chi connectivity index (χ4v) is 3.56. The summed E-state index contributed by atoms with van der Waals surface area (Å²) in [5, 5.41) is 2.63. The number of carbonyl (C=O) groups excluding carboxylic acids is 2. The largest absolute Gasteiger partial charge is 0.492 e. The van der Waals surface area contributed by atoms with Crippen molar-refractivity contribution in [1.29, 1.82) is 0 Å². The molecule has 0 aliphatic heterocycles. The van der Waals surface area contributed by atoms with E-state index in [0.29, 0.717) is 18.0 Å². The van der Waals surface area contributed by atoms with Gasteiger partial charge >= 0.3 is 0 Å². The summed E-state index contributed by atoms with van der Waals surface area (Å²) in [6, 6.07) is 9.54. The van der Waals surface area contributed by atoms with Crippen LogP contribution in [0.25, 0.3) is 0 Å². The van der Waals surface area contributed by atoms with E-state index < -0.39 is 0 Å². The van der Waals surface area contributed by atoms with Crippen LogP contribution in [0.15, 0.2) is 34.1 Å². The zero-order chi connectivity index (χ0) is 18.4. The quantitative estimate of drug-likeness (QED) is 0.740. The Morgan fingerprint density at radius 2 is 1.88 bits per heavy atom. The molecule has 0 saturated heterocycles. The summed E-state index contributed by atoms with van der Waals surface area (Å²) < 4.78 is 6.58. The summed E-state index contributed by atoms with van der Waals surface area (Å²) in [4.78, 5) is 26.1. The lowest BCUT2D eigenvalue weighted by Crippen LogP contribution is -2.39. The summed E-state index contributed by atoms with van der Waals surface area (Å²) in [5.74, 6) is 0.395. The normalized spacial score (nSPS) is 10.4. The van der Waals surface area contributed by atoms with Gasteiger partial charge in [0.1, 0.15) is 12.4 Å². The maximum Gasteiger partial charge on any atom is 0.261 e. The van der Waals surface area contributed by atoms with E-state index in [1.165, 1.54) is 11.3 Å². The predicted molar refractivity (Wildman–Crippen MR) is 103 cm³/mol. The highest BCUT2D eigenvalue weighted by molar-refractivity contribution is 9.11. The van der Waals surface area contributed by atoms with Crippen LogP contribution in [0, 0.1) is 13.8 Å². The van der Waals surface area contributed by atoms with E-state index in [-0.39, 0.29) is 18.4 Å². The second-order valence-corrected chi connectivity index (χ2v) is 8.24. The molecule has 25 heavy (non-hydrogen) atoms. The fraction of sp³-hybridized carbons (Fsp3) is 0.333. The number of hydrogen-bond acceptors (Lipinski definition) is 4. The molecule has 0 aliphatic carbocycles. The smallest absolute Gasteiger partial charge is 0.261 e. The molecule has 0 atom stereocenters. The van der Waals surface area contributed by atoms with Crippen LogP contribution >= 0.6 is 27.3 Å². The molecule has 5 nitrogen and oxygen atoms in total. The lowest BCUT2D eigenvalue weighted by molar-refractivity contribution is -0.129. The van der Waals surface area contributed by atoms with E-state index in [4.69, 9.17) is 4.74 Å². The third-order valence-electron chi connectivity index (χ3n) is 3.51. The van der Waals surface area contributed by atoms with Crippen molar-refractivity contribution in [3.8, 4) is 5.75 Å². The van der Waals surface area contributed by atoms with Gasteiger partial charge in [0.15, 0.2) is 0 Å². The van der Waals surface area contributed by atoms with E-state index in [0.717, 1.165) is 20.7 Å². The molecule has 0 saturated carbocycles. The Morgan fingerprint density at radius 3 is 2.48 bits per heavy atom. The van der Waals surface area contributed by atoms with E-state index in [9.17, 15) is 9.59 Å². The van der Waals surface area contributed by atoms with Crippen LogP contribution in [0.5, 0.6) is 5.75 Å². The number of thiophene rings is 1. The summed E-state index contributed by atoms with van der Waals surface area (Å²) in [6.45, 7) is 4.85. The summed E-state index contributed by atoms with van der Waals surface area (Å²) in [5.41, 5.74) is 2.28. The van der Waals surface area contributed by atoms with Gasteiger partial charge in [-0.25, -0.2) is 0 Å². The molecule has 0 unspecified atom stereocenters. The minimum atomic E-state index is -0.246. The standard InChI is InChI=1S/C18H21BrN2O3S/c1-12-8-13(2)10-14(9-12)24-7-6-21(3)17(22)11-20-18(23)15-4-5-16(19)25-15/h4-5,8-10H,6-7,11H2,1-3H3,(H,20,23). The van der Waals surface area contributed by atoms with Crippen LogP contribution in [0.1, 0.15) is 20.8 Å². The number of halogens is 1. The maximum atomic E-state index is 12.1. The maximum absolute atomic E-state index is 12.1. The molecule has 1 N–H and O–H groups in total. The topological polar surface area (TPSA) is 58.6 Å². The molecule has 1 aromatic heterocycles. The number of nitrogens with zero attached hydrogens (tertiary/aromatic N) is 1. The molecule has 0 fully saturated rings. The molecule has 0 aliphatic rings. The first-order chi connectivity index (χ1) is 11.8. The van der Waals surface area contributed by atoms with Gasteiger partial charge in [0.05, 0.1) is 21.8 Å². The molecule has 2 aromatic rings. The Kier molecular flexibility index (Phi) is 7.01. The highest BCUT2D eigenvalue weighted by Crippen LogP contribution is 2.21. The molecular weight excluding hydrogens is 404 g/mol. The Labute approximate surface area is 160 Å². The number of carbonyl (C=O) groups is 2. The third kappa shape index (κ3) is 6.17. The second-order valence-electron chi connectivity index (χ2n) is 5.77. The highest BCUT2D eigenvalue weighted by atomic mass is 79.9. The molecule has 7 heteroatoms. The lowest BCUT2D eigenvalue weighted by atomic mass is 10.1. The van der Waals surface area contributed by atoms with Crippen molar-refractivity contribution in [3.63, 3.8) is 0 Å². The van der Waals surface area contributed by atoms with Crippen LogP contribution in [-0.2, 0) is 4.79 Å². The highest BCUT2D eigenvalue weighted by Gasteiger charge is 2.13. The molecular formula is C18H21BrN2O3S. The molecule has 1 aromatic carbocycles. The van der Waals surface area contributed by atoms with Crippen molar-refractivity contribution < 1.29 is 14.3 Å². The summed E-state index contributed by atoms with van der Waals surface area (Å²) in [6.07, 6.45) is 0. The minimum absolute atomic E-state index is 0.0333. The van der Waals surface area contributed by atoms with Gasteiger partial charge in [0, 0.05) is 7.05 Å². The molecule has 0 bridgehead atoms. The molecule has 1 heterocycles. The predicted octanol–water partition coefficient (Wildman–Crippen LogP) is 3.39. The number of rotatable bonds is 7. The number of likely N-dealkylation sites (N-methyl/N-ethyl adjacent to an activating group) is 1. The van der Waals surface area contributed by atoms with Gasteiger partial charge in [0.25, 0.3) is 5.91 Å². The van der Waals surface area contributed by atoms with Crippen molar-refractivity contribution in [2.24, 2.45) is 0 Å². The zero-order valence-corrected chi connectivity index (χ0v) is 16.9. The van der Waals surface area contributed by atoms with Crippen molar-refractivity contribution in [1.82, 2.24) is 10.2 Å². The van der Waals surface area contributed by atoms with E-state index in [1.807, 2.05) is 26.0 Å². The number of nitrogens with one attached hydrogen (secondary N) is 1. The fourth-order valence-electron chi connectivity index (χ4n) is 2.26. The van der Waals surface area contributed by atoms with Gasteiger partial charge in [-0.05, 0) is 65.2 Å². The second kappa shape index (κ2) is 9.01. The van der Waals surface area contributed by atoms with Gasteiger partial charge in [0.2, 0.25) is 5.91 Å². The first-order valence-electron chi connectivity index (χ1n) is 7.84. The summed E-state index contributed by atoms with van der Waals surface area (Å²) >= 11 is 4.64. The van der Waals surface area contributed by atoms with Crippen molar-refractivity contribution in [2.75, 3.05) is 26.7 Å². The van der Waals surface area contributed by atoms with Gasteiger partial charge in [-0.3, -0.25) is 9.59 Å². The molecule has 2 amide bonds. The molecule has 134 valence electrons. The van der Waals surface area contributed by atoms with Gasteiger partial charge < -0.3 is 15.0 Å². The number of benzene rings is 1. The average Bonchev–Trinajstić information content (AvgIpc) is 2.97. The zero-order valence-electron chi connectivity index (χ0n) is 14.5. The lowest BCUT2D eigenvalue weighted by Gasteiger charge is -2.18. The minimum Gasteiger partial charge on any atom is -0.492 e. The van der Waals surface area contributed by atoms with Gasteiger partial charge in [-0.2, -0.15) is 0 Å². The number of aryl methyl sites for hydroxylation is 2. The SMILES string of the molecule is Cc1cc(C)cc(OCCN(C)C(=O)CNC(=O)c2ccc(Br)s2)c1. The Bertz CT molecular complexity index is 740. The van der Waals surface area contributed by atoms with E-state index >= 15 is 0 Å². The van der Waals surface area contributed by atoms with Gasteiger partial charge in [-0.15, -0.1) is 11.3 Å². The average molecular weight is 425 g/mol. The monoisotopic (exact) mass is 424 g/mol. The number of amides is 2. The van der Waals surface area contributed by atoms with Crippen molar-refractivity contribution in [3.05, 3.63) is 50.1 Å². The third-order valence-corrected chi connectivity index (χ3v) is 5.14. The van der Waals surface area contributed by atoms with E-state index in [1.54, 1.807) is 24.1 Å². The summed E-state index contributed by atoms with van der Waals surface area (Å²) in [7, 11) is 1.70. The molecule has 0 radical (unpaired) electrons. The first kappa shape index (κ1) is 19.5. The van der Waals surface area contributed by atoms with Crippen LogP contribution < -0.4 is 10.1 Å². The van der Waals surface area contributed by atoms with Crippen LogP contribution in [-0.4, -0.2) is 43.5 Å². The number of ether oxygens (including phenoxy) is 1. The van der Waals surface area contributed by atoms with Crippen LogP contribution in [0.4, 0.5) is 0 Å². The number of hydrogen-bond donors (Lipinski definition) is 1. The van der Waals surface area contributed by atoms with Crippen molar-refractivity contribution in [2.45, 2.75) is 13.8 Å². The Balaban J connectivity index is 1.73. The van der Waals surface area contributed by atoms with Gasteiger partial charge in [-0.1, -0.05) is 6.07 Å². The van der Waals surface area contributed by atoms with Crippen LogP contribution in [0.3, 0.4) is 0 Å². The Morgan fingerprint density at radius 1 is 1.20 bits per heavy atom. The van der Waals surface area contributed by atoms with Crippen LogP contribution in [0.2, 0.25) is 0 Å². The molecule has 2 rings (SSSR count). The Hall–Kier alpha value is -1.86. The first-order valence-corrected chi connectivity index (χ1v) is 9.44. The molecule has 0 spiro atoms. The van der Waals surface area contributed by atoms with E-state index in [2.05, 4.69) is 27.3 Å². The van der Waals surface area contributed by atoms with Crippen molar-refractivity contribution >= 4 is 39.1 Å².